The third-order valence-corrected chi connectivity index (χ3v) is 8.66. The summed E-state index contributed by atoms with van der Waals surface area (Å²) < 4.78 is 11.0. The standard InChI is InChI=1S/C25H30N2O6/c1-32-20(30)7-6-19(29)26-16-8-9-25(31)18-12-15-4-5-17(28)22-21(15)24(25,23(16)33-22)10-11-27(18)13-14-2-3-14/h4-7,14,16,18,23,28,31H,2-3,8-13H2,1H3,(H,26,29)/b7-6-/t16-,18?,23?,24?,25?/m1/s1. The first-order valence-corrected chi connectivity index (χ1v) is 11.9. The van der Waals surface area contributed by atoms with Crippen LogP contribution in [0.5, 0.6) is 11.5 Å². The first-order valence-electron chi connectivity index (χ1n) is 11.9. The fourth-order valence-corrected chi connectivity index (χ4v) is 7.07. The van der Waals surface area contributed by atoms with E-state index in [1.54, 1.807) is 6.07 Å². The molecule has 3 aliphatic carbocycles. The predicted molar refractivity (Wildman–Crippen MR) is 118 cm³/mol. The van der Waals surface area contributed by atoms with Gasteiger partial charge in [-0.1, -0.05) is 6.07 Å². The van der Waals surface area contributed by atoms with Gasteiger partial charge in [0.25, 0.3) is 0 Å². The molecule has 2 saturated carbocycles. The van der Waals surface area contributed by atoms with Crippen LogP contribution in [0.3, 0.4) is 0 Å². The minimum atomic E-state index is -0.986. The van der Waals surface area contributed by atoms with Crippen LogP contribution >= 0.6 is 0 Å². The van der Waals surface area contributed by atoms with Crippen molar-refractivity contribution in [1.29, 1.82) is 0 Å². The molecule has 33 heavy (non-hydrogen) atoms. The first kappa shape index (κ1) is 21.0. The molecule has 3 N–H and O–H groups in total. The Morgan fingerprint density at radius 3 is 2.85 bits per heavy atom. The molecule has 5 atom stereocenters. The lowest BCUT2D eigenvalue weighted by molar-refractivity contribution is -0.192. The quantitative estimate of drug-likeness (QED) is 0.453. The van der Waals surface area contributed by atoms with E-state index in [2.05, 4.69) is 15.0 Å². The molecule has 1 aromatic rings. The van der Waals surface area contributed by atoms with E-state index >= 15 is 0 Å². The average Bonchev–Trinajstić information content (AvgIpc) is 3.54. The summed E-state index contributed by atoms with van der Waals surface area (Å²) in [6, 6.07) is 3.29. The monoisotopic (exact) mass is 454 g/mol. The molecule has 2 heterocycles. The summed E-state index contributed by atoms with van der Waals surface area (Å²) in [5, 5.41) is 26.0. The number of amides is 1. The Labute approximate surface area is 192 Å². The highest BCUT2D eigenvalue weighted by molar-refractivity contribution is 5.94. The molecule has 1 amide bonds. The number of hydrogen-bond donors (Lipinski definition) is 3. The number of rotatable bonds is 5. The molecule has 3 fully saturated rings. The molecule has 6 rings (SSSR count). The Kier molecular flexibility index (Phi) is 4.58. The molecule has 8 heteroatoms. The zero-order valence-electron chi connectivity index (χ0n) is 18.8. The number of carbonyl (C=O) groups is 2. The maximum atomic E-state index is 12.6. The van der Waals surface area contributed by atoms with E-state index in [1.807, 2.05) is 6.07 Å². The first-order chi connectivity index (χ1) is 15.9. The molecule has 0 aromatic heterocycles. The lowest BCUT2D eigenvalue weighted by atomic mass is 9.48. The fourth-order valence-electron chi connectivity index (χ4n) is 7.07. The van der Waals surface area contributed by atoms with Gasteiger partial charge >= 0.3 is 5.97 Å². The minimum Gasteiger partial charge on any atom is -0.504 e. The smallest absolute Gasteiger partial charge is 0.330 e. The van der Waals surface area contributed by atoms with E-state index in [9.17, 15) is 19.8 Å². The number of nitrogens with one attached hydrogen (secondary N) is 1. The topological polar surface area (TPSA) is 108 Å². The molecule has 2 bridgehead atoms. The molecule has 176 valence electrons. The second kappa shape index (κ2) is 7.21. The Balaban J connectivity index is 1.38. The molecule has 4 unspecified atom stereocenters. The SMILES string of the molecule is COC(=O)/C=C\C(=O)N[C@@H]1CCC2(O)C3Cc4ccc(O)c5c4C2(CCN3CC2CC2)C1O5. The van der Waals surface area contributed by atoms with Gasteiger partial charge < -0.3 is 25.0 Å². The lowest BCUT2D eigenvalue weighted by Gasteiger charge is -2.64. The number of aliphatic hydroxyl groups is 1. The molecule has 1 aromatic carbocycles. The van der Waals surface area contributed by atoms with Crippen molar-refractivity contribution in [2.24, 2.45) is 5.92 Å². The largest absolute Gasteiger partial charge is 0.504 e. The summed E-state index contributed by atoms with van der Waals surface area (Å²) in [7, 11) is 1.26. The highest BCUT2D eigenvalue weighted by Gasteiger charge is 2.73. The molecule has 0 radical (unpaired) electrons. The van der Waals surface area contributed by atoms with Gasteiger partial charge in [-0.05, 0) is 62.6 Å². The van der Waals surface area contributed by atoms with Crippen LogP contribution in [0.1, 0.15) is 43.2 Å². The van der Waals surface area contributed by atoms with E-state index in [1.165, 1.54) is 20.0 Å². The summed E-state index contributed by atoms with van der Waals surface area (Å²) >= 11 is 0. The summed E-state index contributed by atoms with van der Waals surface area (Å²) in [6.07, 6.45) is 6.84. The van der Waals surface area contributed by atoms with Crippen molar-refractivity contribution in [2.75, 3.05) is 20.2 Å². The van der Waals surface area contributed by atoms with Crippen LogP contribution < -0.4 is 10.1 Å². The summed E-state index contributed by atoms with van der Waals surface area (Å²) in [6.45, 7) is 1.88. The van der Waals surface area contributed by atoms with E-state index in [0.717, 1.165) is 48.7 Å². The van der Waals surface area contributed by atoms with Gasteiger partial charge in [0.1, 0.15) is 6.10 Å². The number of nitrogens with zero attached hydrogens (tertiary/aromatic N) is 1. The molecular weight excluding hydrogens is 424 g/mol. The number of ether oxygens (including phenoxy) is 2. The number of phenols is 1. The molecule has 1 saturated heterocycles. The summed E-state index contributed by atoms with van der Waals surface area (Å²) in [5.74, 6) is 0.256. The maximum Gasteiger partial charge on any atom is 0.330 e. The van der Waals surface area contributed by atoms with Gasteiger partial charge in [0.15, 0.2) is 11.5 Å². The van der Waals surface area contributed by atoms with Crippen LogP contribution in [0.4, 0.5) is 0 Å². The zero-order valence-corrected chi connectivity index (χ0v) is 18.8. The van der Waals surface area contributed by atoms with Crippen molar-refractivity contribution in [3.8, 4) is 11.5 Å². The van der Waals surface area contributed by atoms with Crippen molar-refractivity contribution in [1.82, 2.24) is 10.2 Å². The number of carbonyl (C=O) groups excluding carboxylic acids is 2. The molecule has 2 aliphatic heterocycles. The van der Waals surface area contributed by atoms with Gasteiger partial charge in [0.05, 0.1) is 24.2 Å². The van der Waals surface area contributed by atoms with Crippen molar-refractivity contribution in [2.45, 2.75) is 67.7 Å². The van der Waals surface area contributed by atoms with Crippen LogP contribution in [0, 0.1) is 5.92 Å². The molecular formula is C25H30N2O6. The normalized spacial score (nSPS) is 36.2. The second-order valence-electron chi connectivity index (χ2n) is 10.3. The van der Waals surface area contributed by atoms with Gasteiger partial charge in [0.2, 0.25) is 5.91 Å². The summed E-state index contributed by atoms with van der Waals surface area (Å²) in [5.41, 5.74) is 0.390. The molecule has 1 spiro atoms. The number of aromatic hydroxyl groups is 1. The summed E-state index contributed by atoms with van der Waals surface area (Å²) in [4.78, 5) is 26.4. The third kappa shape index (κ3) is 2.89. The van der Waals surface area contributed by atoms with Crippen molar-refractivity contribution in [3.05, 3.63) is 35.4 Å². The Bertz CT molecular complexity index is 1050. The van der Waals surface area contributed by atoms with Crippen molar-refractivity contribution < 1.29 is 29.3 Å². The van der Waals surface area contributed by atoms with E-state index in [0.29, 0.717) is 25.0 Å². The van der Waals surface area contributed by atoms with Crippen molar-refractivity contribution in [3.63, 3.8) is 0 Å². The number of methoxy groups -OCH3 is 1. The Morgan fingerprint density at radius 1 is 1.27 bits per heavy atom. The Morgan fingerprint density at radius 2 is 2.09 bits per heavy atom. The number of phenolic OH excluding ortho intramolecular Hbond substituents is 1. The maximum absolute atomic E-state index is 12.6. The minimum absolute atomic E-state index is 0.00295. The van der Waals surface area contributed by atoms with Crippen LogP contribution in [-0.4, -0.2) is 71.0 Å². The molecule has 8 nitrogen and oxygen atoms in total. The van der Waals surface area contributed by atoms with E-state index in [-0.39, 0.29) is 17.8 Å². The van der Waals surface area contributed by atoms with Crippen molar-refractivity contribution >= 4 is 11.9 Å². The van der Waals surface area contributed by atoms with Gasteiger partial charge in [-0.2, -0.15) is 0 Å². The average molecular weight is 455 g/mol. The number of piperidine rings is 1. The highest BCUT2D eigenvalue weighted by atomic mass is 16.5. The number of hydrogen-bond acceptors (Lipinski definition) is 7. The van der Waals surface area contributed by atoms with Crippen LogP contribution in [0.25, 0.3) is 0 Å². The van der Waals surface area contributed by atoms with E-state index < -0.39 is 29.0 Å². The number of esters is 1. The lowest BCUT2D eigenvalue weighted by Crippen LogP contribution is -2.78. The van der Waals surface area contributed by atoms with Gasteiger partial charge in [0, 0.05) is 30.3 Å². The zero-order chi connectivity index (χ0) is 23.0. The number of benzene rings is 1. The van der Waals surface area contributed by atoms with E-state index in [4.69, 9.17) is 4.74 Å². The van der Waals surface area contributed by atoms with Gasteiger partial charge in [-0.25, -0.2) is 4.79 Å². The fraction of sp³-hybridized carbons (Fsp3) is 0.600. The van der Waals surface area contributed by atoms with Crippen LogP contribution in [0.15, 0.2) is 24.3 Å². The highest BCUT2D eigenvalue weighted by Crippen LogP contribution is 2.65. The Hall–Kier alpha value is -2.58. The number of likely N-dealkylation sites (tertiary alicyclic amines) is 1. The van der Waals surface area contributed by atoms with Gasteiger partial charge in [-0.15, -0.1) is 0 Å². The predicted octanol–water partition coefficient (Wildman–Crippen LogP) is 1.17. The van der Waals surface area contributed by atoms with Gasteiger partial charge in [-0.3, -0.25) is 9.69 Å². The second-order valence-corrected chi connectivity index (χ2v) is 10.3. The molecule has 5 aliphatic rings. The third-order valence-electron chi connectivity index (χ3n) is 8.66. The van der Waals surface area contributed by atoms with Crippen LogP contribution in [0.2, 0.25) is 0 Å². The van der Waals surface area contributed by atoms with Crippen LogP contribution in [-0.2, 0) is 26.2 Å².